The highest BCUT2D eigenvalue weighted by Crippen LogP contribution is 2.33. The summed E-state index contributed by atoms with van der Waals surface area (Å²) < 4.78 is 12.7. The minimum atomic E-state index is 0.693. The molecule has 1 aromatic heterocycles. The molecule has 2 heterocycles. The van der Waals surface area contributed by atoms with Gasteiger partial charge in [-0.3, -0.25) is 9.67 Å². The molecule has 0 unspecified atom stereocenters. The van der Waals surface area contributed by atoms with Crippen LogP contribution in [-0.2, 0) is 26.6 Å². The van der Waals surface area contributed by atoms with Crippen LogP contribution in [0.1, 0.15) is 16.8 Å². The van der Waals surface area contributed by atoms with E-state index in [9.17, 15) is 0 Å². The molecule has 134 valence electrons. The lowest BCUT2D eigenvalue weighted by molar-refractivity contribution is 0.345. The van der Waals surface area contributed by atoms with Gasteiger partial charge in [0.15, 0.2) is 17.5 Å². The predicted octanol–water partition coefficient (Wildman–Crippen LogP) is 1.57. The smallest absolute Gasteiger partial charge is 0.194 e. The fraction of sp³-hybridized carbons (Fsp3) is 0.444. The quantitative estimate of drug-likeness (QED) is 0.674. The first-order valence-electron chi connectivity index (χ1n) is 8.32. The zero-order chi connectivity index (χ0) is 17.8. The zero-order valence-corrected chi connectivity index (χ0v) is 15.2. The first-order chi connectivity index (χ1) is 12.2. The van der Waals surface area contributed by atoms with Gasteiger partial charge in [0.1, 0.15) is 0 Å². The average Bonchev–Trinajstić information content (AvgIpc) is 3.05. The van der Waals surface area contributed by atoms with E-state index in [1.165, 1.54) is 11.1 Å². The lowest BCUT2D eigenvalue weighted by Gasteiger charge is -2.32. The van der Waals surface area contributed by atoms with E-state index in [4.69, 9.17) is 9.47 Å². The molecule has 1 N–H and O–H groups in total. The summed E-state index contributed by atoms with van der Waals surface area (Å²) in [5, 5.41) is 7.62. The summed E-state index contributed by atoms with van der Waals surface area (Å²) in [5.41, 5.74) is 3.66. The minimum absolute atomic E-state index is 0.693. The van der Waals surface area contributed by atoms with Crippen LogP contribution in [0.15, 0.2) is 29.4 Å². The van der Waals surface area contributed by atoms with Crippen molar-refractivity contribution >= 4 is 5.96 Å². The topological polar surface area (TPSA) is 63.9 Å². The normalized spacial score (nSPS) is 14.2. The van der Waals surface area contributed by atoms with Crippen LogP contribution < -0.4 is 14.8 Å². The molecule has 0 spiro atoms. The molecule has 3 rings (SSSR count). The van der Waals surface area contributed by atoms with E-state index in [0.29, 0.717) is 6.54 Å². The van der Waals surface area contributed by atoms with Gasteiger partial charge in [-0.2, -0.15) is 5.10 Å². The SMILES string of the molecule is CN=C(NCc1ccnn1C)N1CCc2cc(OC)c(OC)cc2C1. The fourth-order valence-corrected chi connectivity index (χ4v) is 3.14. The van der Waals surface area contributed by atoms with Gasteiger partial charge in [-0.1, -0.05) is 0 Å². The highest BCUT2D eigenvalue weighted by Gasteiger charge is 2.21. The second-order valence-corrected chi connectivity index (χ2v) is 5.99. The molecule has 0 aliphatic carbocycles. The highest BCUT2D eigenvalue weighted by atomic mass is 16.5. The Morgan fingerprint density at radius 3 is 2.56 bits per heavy atom. The number of methoxy groups -OCH3 is 2. The molecule has 7 nitrogen and oxygen atoms in total. The van der Waals surface area contributed by atoms with Gasteiger partial charge in [0.2, 0.25) is 0 Å². The number of guanidine groups is 1. The molecule has 0 radical (unpaired) electrons. The lowest BCUT2D eigenvalue weighted by atomic mass is 9.99. The molecular formula is C18H25N5O2. The summed E-state index contributed by atoms with van der Waals surface area (Å²) in [6, 6.07) is 6.15. The molecule has 0 atom stereocenters. The maximum Gasteiger partial charge on any atom is 0.194 e. The van der Waals surface area contributed by atoms with Crippen LogP contribution in [0.4, 0.5) is 0 Å². The van der Waals surface area contributed by atoms with E-state index in [0.717, 1.165) is 42.7 Å². The van der Waals surface area contributed by atoms with E-state index < -0.39 is 0 Å². The molecular weight excluding hydrogens is 318 g/mol. The molecule has 0 saturated carbocycles. The van der Waals surface area contributed by atoms with Crippen LogP contribution >= 0.6 is 0 Å². The lowest BCUT2D eigenvalue weighted by Crippen LogP contribution is -2.43. The predicted molar refractivity (Wildman–Crippen MR) is 97.1 cm³/mol. The average molecular weight is 343 g/mol. The summed E-state index contributed by atoms with van der Waals surface area (Å²) in [7, 11) is 7.09. The van der Waals surface area contributed by atoms with Crippen LogP contribution in [-0.4, -0.2) is 48.5 Å². The molecule has 0 amide bonds. The molecule has 0 saturated heterocycles. The van der Waals surface area contributed by atoms with Crippen molar-refractivity contribution in [3.63, 3.8) is 0 Å². The number of benzene rings is 1. The van der Waals surface area contributed by atoms with E-state index >= 15 is 0 Å². The third-order valence-corrected chi connectivity index (χ3v) is 4.58. The molecule has 25 heavy (non-hydrogen) atoms. The van der Waals surface area contributed by atoms with E-state index in [1.54, 1.807) is 20.4 Å². The number of aliphatic imine (C=N–C) groups is 1. The fourth-order valence-electron chi connectivity index (χ4n) is 3.14. The number of hydrogen-bond donors (Lipinski definition) is 1. The number of aromatic nitrogens is 2. The van der Waals surface area contributed by atoms with Crippen molar-refractivity contribution in [1.82, 2.24) is 20.0 Å². The van der Waals surface area contributed by atoms with Crippen LogP contribution in [0.2, 0.25) is 0 Å². The number of aryl methyl sites for hydroxylation is 1. The van der Waals surface area contributed by atoms with Crippen LogP contribution in [0.3, 0.4) is 0 Å². The van der Waals surface area contributed by atoms with Gasteiger partial charge in [-0.15, -0.1) is 0 Å². The van der Waals surface area contributed by atoms with Crippen LogP contribution in [0.25, 0.3) is 0 Å². The Kier molecular flexibility index (Phi) is 5.11. The Hall–Kier alpha value is -2.70. The van der Waals surface area contributed by atoms with Crippen molar-refractivity contribution in [2.75, 3.05) is 27.8 Å². The van der Waals surface area contributed by atoms with Crippen molar-refractivity contribution in [3.8, 4) is 11.5 Å². The second kappa shape index (κ2) is 7.46. The van der Waals surface area contributed by atoms with Crippen LogP contribution in [0.5, 0.6) is 11.5 Å². The molecule has 1 aliphatic rings. The van der Waals surface area contributed by atoms with Gasteiger partial charge >= 0.3 is 0 Å². The van der Waals surface area contributed by atoms with Gasteiger partial charge in [0.05, 0.1) is 26.5 Å². The third kappa shape index (κ3) is 3.55. The molecule has 7 heteroatoms. The van der Waals surface area contributed by atoms with Gasteiger partial charge in [0.25, 0.3) is 0 Å². The Bertz CT molecular complexity index is 769. The number of nitrogens with one attached hydrogen (secondary N) is 1. The van der Waals surface area contributed by atoms with E-state index in [1.807, 2.05) is 24.8 Å². The van der Waals surface area contributed by atoms with Gasteiger partial charge in [0, 0.05) is 33.4 Å². The Balaban J connectivity index is 1.73. The first-order valence-corrected chi connectivity index (χ1v) is 8.32. The standard InChI is InChI=1S/C18H25N5O2/c1-19-18(20-11-15-5-7-21-22(15)2)23-8-6-13-9-16(24-3)17(25-4)10-14(13)12-23/h5,7,9-10H,6,8,11-12H2,1-4H3,(H,19,20). The Morgan fingerprint density at radius 2 is 1.96 bits per heavy atom. The number of fused-ring (bicyclic) bond motifs is 1. The number of rotatable bonds is 4. The Morgan fingerprint density at radius 1 is 1.24 bits per heavy atom. The highest BCUT2D eigenvalue weighted by molar-refractivity contribution is 5.80. The second-order valence-electron chi connectivity index (χ2n) is 5.99. The largest absolute Gasteiger partial charge is 0.493 e. The van der Waals surface area contributed by atoms with Crippen molar-refractivity contribution in [2.45, 2.75) is 19.5 Å². The summed E-state index contributed by atoms with van der Waals surface area (Å²) >= 11 is 0. The minimum Gasteiger partial charge on any atom is -0.493 e. The van der Waals surface area contributed by atoms with Crippen molar-refractivity contribution in [3.05, 3.63) is 41.2 Å². The number of nitrogens with zero attached hydrogens (tertiary/aromatic N) is 4. The van der Waals surface area contributed by atoms with Crippen molar-refractivity contribution in [1.29, 1.82) is 0 Å². The van der Waals surface area contributed by atoms with Gasteiger partial charge in [-0.05, 0) is 35.7 Å². The molecule has 2 aromatic rings. The number of ether oxygens (including phenoxy) is 2. The van der Waals surface area contributed by atoms with Crippen LogP contribution in [0, 0.1) is 0 Å². The number of hydrogen-bond acceptors (Lipinski definition) is 4. The maximum absolute atomic E-state index is 5.43. The summed E-state index contributed by atoms with van der Waals surface area (Å²) in [4.78, 5) is 6.69. The van der Waals surface area contributed by atoms with Gasteiger partial charge in [-0.25, -0.2) is 0 Å². The van der Waals surface area contributed by atoms with Crippen molar-refractivity contribution < 1.29 is 9.47 Å². The summed E-state index contributed by atoms with van der Waals surface area (Å²) in [6.45, 7) is 2.40. The zero-order valence-electron chi connectivity index (χ0n) is 15.2. The maximum atomic E-state index is 5.43. The van der Waals surface area contributed by atoms with E-state index in [-0.39, 0.29) is 0 Å². The molecule has 0 fully saturated rings. The first kappa shape index (κ1) is 17.1. The van der Waals surface area contributed by atoms with Crippen molar-refractivity contribution in [2.24, 2.45) is 12.0 Å². The summed E-state index contributed by atoms with van der Waals surface area (Å²) in [6.07, 6.45) is 2.75. The molecule has 1 aliphatic heterocycles. The Labute approximate surface area is 148 Å². The third-order valence-electron chi connectivity index (χ3n) is 4.58. The summed E-state index contributed by atoms with van der Waals surface area (Å²) in [5.74, 6) is 2.44. The monoisotopic (exact) mass is 343 g/mol. The molecule has 1 aromatic carbocycles. The van der Waals surface area contributed by atoms with Gasteiger partial charge < -0.3 is 19.7 Å². The molecule has 0 bridgehead atoms. The van der Waals surface area contributed by atoms with E-state index in [2.05, 4.69) is 32.4 Å².